The number of thiophene rings is 1. The summed E-state index contributed by atoms with van der Waals surface area (Å²) in [5.41, 5.74) is 0. The van der Waals surface area contributed by atoms with Crippen LogP contribution in [0, 0.1) is 0 Å². The van der Waals surface area contributed by atoms with Crippen molar-refractivity contribution in [3.63, 3.8) is 0 Å². The van der Waals surface area contributed by atoms with Gasteiger partial charge in [0.25, 0.3) is 5.91 Å². The van der Waals surface area contributed by atoms with Crippen LogP contribution in [0.3, 0.4) is 0 Å². The van der Waals surface area contributed by atoms with Gasteiger partial charge in [-0.1, -0.05) is 0 Å². The molecule has 0 saturated heterocycles. The van der Waals surface area contributed by atoms with Crippen molar-refractivity contribution in [2.24, 2.45) is 0 Å². The molecule has 0 aliphatic rings. The molecule has 0 aliphatic carbocycles. The largest absolute Gasteiger partial charge is 0.480 e. The molecule has 0 aliphatic heterocycles. The number of methoxy groups -OCH3 is 1. The predicted molar refractivity (Wildman–Crippen MR) is 76.0 cm³/mol. The standard InChI is InChI=1S/C11H16N2O6S2/c1-12-21(17,18)8-5-9(20-7-8)11(16)13(3-4-19-2)6-10(14)15/h5,7,12H,3-4,6H2,1-2H3,(H,14,15). The van der Waals surface area contributed by atoms with E-state index in [-0.39, 0.29) is 22.9 Å². The summed E-state index contributed by atoms with van der Waals surface area (Å²) in [6.45, 7) is -0.187. The van der Waals surface area contributed by atoms with Gasteiger partial charge in [-0.3, -0.25) is 9.59 Å². The summed E-state index contributed by atoms with van der Waals surface area (Å²) in [6, 6.07) is 1.22. The smallest absolute Gasteiger partial charge is 0.323 e. The fourth-order valence-electron chi connectivity index (χ4n) is 1.46. The second kappa shape index (κ2) is 7.50. The third-order valence-electron chi connectivity index (χ3n) is 2.54. The van der Waals surface area contributed by atoms with E-state index in [1.165, 1.54) is 25.6 Å². The predicted octanol–water partition coefficient (Wildman–Crippen LogP) is -0.171. The van der Waals surface area contributed by atoms with E-state index >= 15 is 0 Å². The SMILES string of the molecule is CNS(=O)(=O)c1csc(C(=O)N(CCOC)CC(=O)O)c1. The number of nitrogens with one attached hydrogen (secondary N) is 1. The van der Waals surface area contributed by atoms with E-state index in [0.717, 1.165) is 16.2 Å². The number of carboxylic acids is 1. The lowest BCUT2D eigenvalue weighted by Gasteiger charge is -2.19. The number of sulfonamides is 1. The van der Waals surface area contributed by atoms with Gasteiger partial charge in [-0.15, -0.1) is 11.3 Å². The van der Waals surface area contributed by atoms with Gasteiger partial charge in [-0.05, 0) is 13.1 Å². The van der Waals surface area contributed by atoms with Crippen LogP contribution < -0.4 is 4.72 Å². The second-order valence-corrected chi connectivity index (χ2v) is 6.77. The number of carbonyl (C=O) groups excluding carboxylic acids is 1. The average molecular weight is 336 g/mol. The zero-order valence-corrected chi connectivity index (χ0v) is 13.2. The molecule has 1 heterocycles. The molecule has 0 unspecified atom stereocenters. The number of aliphatic carboxylic acids is 1. The molecule has 21 heavy (non-hydrogen) atoms. The molecule has 0 bridgehead atoms. The fraction of sp³-hybridized carbons (Fsp3) is 0.455. The first kappa shape index (κ1) is 17.6. The van der Waals surface area contributed by atoms with Crippen LogP contribution in [0.5, 0.6) is 0 Å². The molecule has 10 heteroatoms. The maximum Gasteiger partial charge on any atom is 0.323 e. The van der Waals surface area contributed by atoms with Gasteiger partial charge >= 0.3 is 5.97 Å². The maximum absolute atomic E-state index is 12.2. The molecule has 1 aromatic rings. The minimum Gasteiger partial charge on any atom is -0.480 e. The number of hydrogen-bond acceptors (Lipinski definition) is 6. The van der Waals surface area contributed by atoms with E-state index < -0.39 is 28.4 Å². The topological polar surface area (TPSA) is 113 Å². The van der Waals surface area contributed by atoms with Gasteiger partial charge < -0.3 is 14.7 Å². The van der Waals surface area contributed by atoms with Gasteiger partial charge in [0.2, 0.25) is 10.0 Å². The van der Waals surface area contributed by atoms with Gasteiger partial charge in [-0.2, -0.15) is 0 Å². The summed E-state index contributed by atoms with van der Waals surface area (Å²) >= 11 is 0.945. The number of nitrogens with zero attached hydrogens (tertiary/aromatic N) is 1. The first-order valence-corrected chi connectivity index (χ1v) is 8.20. The molecule has 0 atom stereocenters. The van der Waals surface area contributed by atoms with E-state index in [9.17, 15) is 18.0 Å². The molecule has 0 radical (unpaired) electrons. The lowest BCUT2D eigenvalue weighted by molar-refractivity contribution is -0.137. The molecule has 1 aromatic heterocycles. The summed E-state index contributed by atoms with van der Waals surface area (Å²) in [4.78, 5) is 24.2. The Balaban J connectivity index is 2.96. The third kappa shape index (κ3) is 4.77. The van der Waals surface area contributed by atoms with Crippen molar-refractivity contribution in [2.45, 2.75) is 4.90 Å². The highest BCUT2D eigenvalue weighted by molar-refractivity contribution is 7.89. The van der Waals surface area contributed by atoms with E-state index in [1.807, 2.05) is 0 Å². The van der Waals surface area contributed by atoms with Crippen LogP contribution in [0.2, 0.25) is 0 Å². The Morgan fingerprint density at radius 2 is 2.14 bits per heavy atom. The van der Waals surface area contributed by atoms with Crippen LogP contribution in [0.15, 0.2) is 16.3 Å². The highest BCUT2D eigenvalue weighted by Crippen LogP contribution is 2.20. The molecule has 0 fully saturated rings. The number of hydrogen-bond donors (Lipinski definition) is 2. The Bertz CT molecular complexity index is 610. The molecule has 118 valence electrons. The van der Waals surface area contributed by atoms with Crippen LogP contribution >= 0.6 is 11.3 Å². The van der Waals surface area contributed by atoms with Crippen molar-refractivity contribution >= 4 is 33.2 Å². The van der Waals surface area contributed by atoms with Crippen molar-refractivity contribution in [2.75, 3.05) is 33.9 Å². The third-order valence-corrected chi connectivity index (χ3v) is 5.01. The molecular formula is C11H16N2O6S2. The minimum atomic E-state index is -3.63. The van der Waals surface area contributed by atoms with Crippen LogP contribution in [0.1, 0.15) is 9.67 Å². The molecule has 1 rings (SSSR count). The fourth-order valence-corrected chi connectivity index (χ4v) is 3.43. The lowest BCUT2D eigenvalue weighted by Crippen LogP contribution is -2.37. The summed E-state index contributed by atoms with van der Waals surface area (Å²) in [7, 11) is -0.924. The lowest BCUT2D eigenvalue weighted by atomic mass is 10.3. The highest BCUT2D eigenvalue weighted by Gasteiger charge is 2.22. The maximum atomic E-state index is 12.2. The summed E-state index contributed by atoms with van der Waals surface area (Å²) < 4.78 is 30.2. The number of rotatable bonds is 8. The van der Waals surface area contributed by atoms with Crippen molar-refractivity contribution in [1.29, 1.82) is 0 Å². The minimum absolute atomic E-state index is 0.0274. The van der Waals surface area contributed by atoms with Gasteiger partial charge in [0, 0.05) is 19.0 Å². The summed E-state index contributed by atoms with van der Waals surface area (Å²) in [5.74, 6) is -1.70. The monoisotopic (exact) mass is 336 g/mol. The van der Waals surface area contributed by atoms with E-state index in [1.54, 1.807) is 0 Å². The van der Waals surface area contributed by atoms with Crippen LogP contribution in [0.25, 0.3) is 0 Å². The Labute approximate surface area is 126 Å². The zero-order valence-electron chi connectivity index (χ0n) is 11.5. The van der Waals surface area contributed by atoms with E-state index in [4.69, 9.17) is 9.84 Å². The van der Waals surface area contributed by atoms with Gasteiger partial charge in [0.15, 0.2) is 0 Å². The molecule has 2 N–H and O–H groups in total. The Morgan fingerprint density at radius 3 is 2.67 bits per heavy atom. The first-order valence-electron chi connectivity index (χ1n) is 5.84. The number of ether oxygens (including phenoxy) is 1. The Morgan fingerprint density at radius 1 is 1.48 bits per heavy atom. The summed E-state index contributed by atoms with van der Waals surface area (Å²) in [6.07, 6.45) is 0. The van der Waals surface area contributed by atoms with Crippen molar-refractivity contribution in [3.05, 3.63) is 16.3 Å². The molecule has 0 aromatic carbocycles. The molecule has 1 amide bonds. The second-order valence-electron chi connectivity index (χ2n) is 3.97. The molecular weight excluding hydrogens is 320 g/mol. The summed E-state index contributed by atoms with van der Waals surface area (Å²) in [5, 5.41) is 10.1. The average Bonchev–Trinajstić information content (AvgIpc) is 2.92. The van der Waals surface area contributed by atoms with Gasteiger partial charge in [0.05, 0.1) is 16.4 Å². The molecule has 8 nitrogen and oxygen atoms in total. The Kier molecular flexibility index (Phi) is 6.27. The molecule has 0 saturated carbocycles. The van der Waals surface area contributed by atoms with E-state index in [2.05, 4.69) is 4.72 Å². The molecule has 0 spiro atoms. The van der Waals surface area contributed by atoms with Gasteiger partial charge in [-0.25, -0.2) is 13.1 Å². The quantitative estimate of drug-likeness (QED) is 0.681. The van der Waals surface area contributed by atoms with Crippen molar-refractivity contribution < 1.29 is 27.9 Å². The number of carbonyl (C=O) groups is 2. The first-order chi connectivity index (χ1) is 9.81. The number of carboxylic acid groups (broad SMARTS) is 1. The van der Waals surface area contributed by atoms with Gasteiger partial charge in [0.1, 0.15) is 6.54 Å². The van der Waals surface area contributed by atoms with Crippen molar-refractivity contribution in [1.82, 2.24) is 9.62 Å². The number of amides is 1. The highest BCUT2D eigenvalue weighted by atomic mass is 32.2. The Hall–Kier alpha value is -1.49. The van der Waals surface area contributed by atoms with Crippen molar-refractivity contribution in [3.8, 4) is 0 Å². The van der Waals surface area contributed by atoms with E-state index in [0.29, 0.717) is 0 Å². The normalized spacial score (nSPS) is 11.3. The van der Waals surface area contributed by atoms with Crippen LogP contribution in [-0.4, -0.2) is 64.2 Å². The zero-order chi connectivity index (χ0) is 16.0. The van der Waals surface area contributed by atoms with Crippen LogP contribution in [0.4, 0.5) is 0 Å². The van der Waals surface area contributed by atoms with Crippen LogP contribution in [-0.2, 0) is 19.6 Å².